The first-order valence-electron chi connectivity index (χ1n) is 10.6. The van der Waals surface area contributed by atoms with Gasteiger partial charge in [0.05, 0.1) is 46.2 Å². The third kappa shape index (κ3) is 16.6. The van der Waals surface area contributed by atoms with Crippen LogP contribution >= 0.6 is 0 Å². The van der Waals surface area contributed by atoms with Crippen LogP contribution in [0.25, 0.3) is 10.4 Å². The van der Waals surface area contributed by atoms with Crippen LogP contribution in [0.15, 0.2) is 5.11 Å². The Morgan fingerprint density at radius 2 is 1.30 bits per heavy atom. The maximum Gasteiger partial charge on any atom is 0.430 e. The fraction of sp³-hybridized carbons (Fsp3) is 0.810. The number of azide groups is 1. The van der Waals surface area contributed by atoms with Crippen LogP contribution in [0.2, 0.25) is 0 Å². The Hall–Kier alpha value is -2.71. The minimum Gasteiger partial charge on any atom is -0.442 e. The van der Waals surface area contributed by atoms with E-state index in [-0.39, 0.29) is 32.8 Å². The molecule has 12 nitrogen and oxygen atoms in total. The maximum atomic E-state index is 12.7. The molecule has 0 aromatic heterocycles. The number of hydrazine groups is 1. The van der Waals surface area contributed by atoms with Crippen LogP contribution < -0.4 is 0 Å². The smallest absolute Gasteiger partial charge is 0.430 e. The van der Waals surface area contributed by atoms with Crippen LogP contribution in [-0.2, 0) is 23.7 Å². The first-order valence-corrected chi connectivity index (χ1v) is 10.6. The summed E-state index contributed by atoms with van der Waals surface area (Å²) in [7, 11) is 0. The van der Waals surface area contributed by atoms with Gasteiger partial charge in [-0.2, -0.15) is 0 Å². The number of carbonyl (C=O) groups is 2. The summed E-state index contributed by atoms with van der Waals surface area (Å²) in [6.07, 6.45) is 3.89. The van der Waals surface area contributed by atoms with Gasteiger partial charge >= 0.3 is 12.2 Å². The van der Waals surface area contributed by atoms with Crippen molar-refractivity contribution in [3.63, 3.8) is 0 Å². The van der Waals surface area contributed by atoms with Crippen molar-refractivity contribution in [1.29, 1.82) is 0 Å². The number of hydrogen-bond donors (Lipinski definition) is 0. The van der Waals surface area contributed by atoms with Crippen LogP contribution in [0.5, 0.6) is 0 Å². The van der Waals surface area contributed by atoms with Gasteiger partial charge in [0.15, 0.2) is 0 Å². The number of carbonyl (C=O) groups excluding carboxylic acids is 2. The van der Waals surface area contributed by atoms with Crippen LogP contribution in [0.1, 0.15) is 41.5 Å². The molecule has 0 saturated carbocycles. The molecular weight excluding hydrogens is 434 g/mol. The van der Waals surface area contributed by atoms with E-state index in [0.29, 0.717) is 26.4 Å². The van der Waals surface area contributed by atoms with Crippen molar-refractivity contribution in [3.8, 4) is 12.3 Å². The van der Waals surface area contributed by atoms with Crippen molar-refractivity contribution in [1.82, 2.24) is 10.0 Å². The summed E-state index contributed by atoms with van der Waals surface area (Å²) in [4.78, 5) is 28.0. The molecule has 0 bridgehead atoms. The minimum atomic E-state index is -0.775. The van der Waals surface area contributed by atoms with Crippen molar-refractivity contribution in [2.24, 2.45) is 5.11 Å². The quantitative estimate of drug-likeness (QED) is 0.100. The molecule has 0 aliphatic heterocycles. The zero-order chi connectivity index (χ0) is 25.3. The summed E-state index contributed by atoms with van der Waals surface area (Å²) < 4.78 is 26.9. The van der Waals surface area contributed by atoms with Crippen molar-refractivity contribution in [2.45, 2.75) is 52.7 Å². The molecule has 0 aromatic carbocycles. The van der Waals surface area contributed by atoms with E-state index in [1.807, 2.05) is 0 Å². The van der Waals surface area contributed by atoms with Crippen LogP contribution in [-0.4, -0.2) is 92.7 Å². The molecule has 0 unspecified atom stereocenters. The van der Waals surface area contributed by atoms with Gasteiger partial charge in [-0.3, -0.25) is 0 Å². The Labute approximate surface area is 196 Å². The lowest BCUT2D eigenvalue weighted by Crippen LogP contribution is -2.53. The Bertz CT molecular complexity index is 676. The van der Waals surface area contributed by atoms with Gasteiger partial charge in [0.2, 0.25) is 0 Å². The molecule has 0 radical (unpaired) electrons. The summed E-state index contributed by atoms with van der Waals surface area (Å²) in [6, 6.07) is 0. The number of amides is 2. The Morgan fingerprint density at radius 3 is 1.76 bits per heavy atom. The van der Waals surface area contributed by atoms with E-state index in [1.165, 1.54) is 0 Å². The Balaban J connectivity index is 4.70. The van der Waals surface area contributed by atoms with Crippen LogP contribution in [0.4, 0.5) is 9.59 Å². The third-order valence-electron chi connectivity index (χ3n) is 3.33. The predicted molar refractivity (Wildman–Crippen MR) is 121 cm³/mol. The second kappa shape index (κ2) is 16.0. The Kier molecular flexibility index (Phi) is 14.7. The molecule has 0 spiro atoms. The molecule has 0 atom stereocenters. The zero-order valence-electron chi connectivity index (χ0n) is 20.5. The van der Waals surface area contributed by atoms with Crippen LogP contribution in [0, 0.1) is 12.3 Å². The normalized spacial score (nSPS) is 11.2. The van der Waals surface area contributed by atoms with Gasteiger partial charge in [-0.05, 0) is 47.1 Å². The molecule has 12 heteroatoms. The lowest BCUT2D eigenvalue weighted by atomic mass is 10.2. The first-order chi connectivity index (χ1) is 15.4. The van der Waals surface area contributed by atoms with Gasteiger partial charge in [-0.15, -0.1) is 6.42 Å². The fourth-order valence-corrected chi connectivity index (χ4v) is 2.12. The summed E-state index contributed by atoms with van der Waals surface area (Å²) in [5, 5.41) is 5.45. The lowest BCUT2D eigenvalue weighted by Gasteiger charge is -2.35. The number of nitrogens with zero attached hydrogens (tertiary/aromatic N) is 5. The summed E-state index contributed by atoms with van der Waals surface area (Å²) in [5.41, 5.74) is 6.61. The lowest BCUT2D eigenvalue weighted by molar-refractivity contribution is -0.0670. The molecule has 0 aliphatic rings. The fourth-order valence-electron chi connectivity index (χ4n) is 2.12. The number of rotatable bonds is 13. The Morgan fingerprint density at radius 1 is 0.848 bits per heavy atom. The standard InChI is InChI=1S/C21H37N5O7/c1-8-10-25(18(27)32-20(2,3)4)26(19(28)33-21(5,6)7)11-13-30-15-17-31-16-14-29-12-9-23-24-22/h1H,9-17H2,2-7H3. The van der Waals surface area contributed by atoms with Gasteiger partial charge in [0, 0.05) is 11.5 Å². The highest BCUT2D eigenvalue weighted by atomic mass is 16.6. The molecule has 0 aromatic rings. The molecule has 0 saturated heterocycles. The summed E-state index contributed by atoms with van der Waals surface area (Å²) in [5.74, 6) is 2.36. The summed E-state index contributed by atoms with van der Waals surface area (Å²) >= 11 is 0. The van der Waals surface area contributed by atoms with Crippen molar-refractivity contribution < 1.29 is 33.3 Å². The largest absolute Gasteiger partial charge is 0.442 e. The summed E-state index contributed by atoms with van der Waals surface area (Å²) in [6.45, 7) is 12.1. The highest BCUT2D eigenvalue weighted by Crippen LogP contribution is 2.15. The van der Waals surface area contributed by atoms with E-state index in [1.54, 1.807) is 41.5 Å². The van der Waals surface area contributed by atoms with Gasteiger partial charge in [-0.25, -0.2) is 19.6 Å². The average Bonchev–Trinajstić information content (AvgIpc) is 2.67. The molecule has 0 fully saturated rings. The topological polar surface area (TPSA) is 136 Å². The van der Waals surface area contributed by atoms with Crippen molar-refractivity contribution in [3.05, 3.63) is 10.4 Å². The highest BCUT2D eigenvalue weighted by Gasteiger charge is 2.32. The van der Waals surface area contributed by atoms with E-state index in [2.05, 4.69) is 15.9 Å². The SMILES string of the molecule is C#CCN(C(=O)OC(C)(C)C)N(CCOCCOCCOCCN=[N+]=[N-])C(=O)OC(C)(C)C. The van der Waals surface area contributed by atoms with Gasteiger partial charge in [-0.1, -0.05) is 11.0 Å². The number of terminal acetylenes is 1. The van der Waals surface area contributed by atoms with E-state index < -0.39 is 23.4 Å². The third-order valence-corrected chi connectivity index (χ3v) is 3.33. The average molecular weight is 472 g/mol. The zero-order valence-corrected chi connectivity index (χ0v) is 20.5. The van der Waals surface area contributed by atoms with Crippen LogP contribution in [0.3, 0.4) is 0 Å². The van der Waals surface area contributed by atoms with Gasteiger partial charge in [0.25, 0.3) is 0 Å². The van der Waals surface area contributed by atoms with E-state index >= 15 is 0 Å². The predicted octanol–water partition coefficient (Wildman–Crippen LogP) is 3.37. The van der Waals surface area contributed by atoms with Crippen molar-refractivity contribution >= 4 is 12.2 Å². The van der Waals surface area contributed by atoms with Gasteiger partial charge in [0.1, 0.15) is 17.7 Å². The van der Waals surface area contributed by atoms with E-state index in [0.717, 1.165) is 10.0 Å². The second-order valence-corrected chi connectivity index (χ2v) is 8.64. The van der Waals surface area contributed by atoms with Gasteiger partial charge < -0.3 is 23.7 Å². The first kappa shape index (κ1) is 30.3. The molecule has 0 heterocycles. The molecule has 0 N–H and O–H groups in total. The van der Waals surface area contributed by atoms with Crippen molar-refractivity contribution in [2.75, 3.05) is 59.3 Å². The molecule has 0 aliphatic carbocycles. The minimum absolute atomic E-state index is 0.0123. The molecule has 33 heavy (non-hydrogen) atoms. The van der Waals surface area contributed by atoms with E-state index in [9.17, 15) is 9.59 Å². The number of ether oxygens (including phenoxy) is 5. The maximum absolute atomic E-state index is 12.7. The monoisotopic (exact) mass is 471 g/mol. The number of hydrogen-bond acceptors (Lipinski definition) is 8. The van der Waals surface area contributed by atoms with E-state index in [4.69, 9.17) is 35.6 Å². The molecular formula is C21H37N5O7. The molecule has 2 amide bonds. The highest BCUT2D eigenvalue weighted by molar-refractivity contribution is 5.75. The molecule has 188 valence electrons. The molecule has 0 rings (SSSR count). The second-order valence-electron chi connectivity index (χ2n) is 8.64.